The predicted molar refractivity (Wildman–Crippen MR) is 104 cm³/mol. The molecule has 0 saturated carbocycles. The van der Waals surface area contributed by atoms with E-state index in [0.29, 0.717) is 11.8 Å². The second-order valence-corrected chi connectivity index (χ2v) is 7.79. The molecule has 1 heteroatoms. The first-order valence-electron chi connectivity index (χ1n) is 9.12. The number of rotatable bonds is 9. The Hall–Kier alpha value is -1.24. The third-order valence-electron chi connectivity index (χ3n) is 6.09. The average molecular weight is 316 g/mol. The molecule has 130 valence electrons. The van der Waals surface area contributed by atoms with Gasteiger partial charge in [0.1, 0.15) is 0 Å². The van der Waals surface area contributed by atoms with Crippen LogP contribution in [0.4, 0.5) is 0 Å². The van der Waals surface area contributed by atoms with Gasteiger partial charge in [0.2, 0.25) is 0 Å². The van der Waals surface area contributed by atoms with Gasteiger partial charge in [-0.15, -0.1) is 6.58 Å². The molecule has 0 aromatic heterocycles. The van der Waals surface area contributed by atoms with Gasteiger partial charge in [-0.1, -0.05) is 59.4 Å². The van der Waals surface area contributed by atoms with Crippen LogP contribution in [0.3, 0.4) is 0 Å². The number of nitrogens with zero attached hydrogens (tertiary/aromatic N) is 1. The van der Waals surface area contributed by atoms with Gasteiger partial charge < -0.3 is 4.90 Å². The second-order valence-electron chi connectivity index (χ2n) is 7.79. The van der Waals surface area contributed by atoms with E-state index in [4.69, 9.17) is 0 Å². The molecule has 0 spiro atoms. The molecule has 1 rings (SSSR count). The summed E-state index contributed by atoms with van der Waals surface area (Å²) in [6, 6.07) is 0. The van der Waals surface area contributed by atoms with Crippen molar-refractivity contribution in [3.8, 4) is 0 Å². The van der Waals surface area contributed by atoms with Crippen LogP contribution in [0.1, 0.15) is 54.4 Å². The van der Waals surface area contributed by atoms with Gasteiger partial charge in [-0.3, -0.25) is 0 Å². The molecule has 1 unspecified atom stereocenters. The zero-order valence-corrected chi connectivity index (χ0v) is 16.4. The molecule has 0 saturated heterocycles. The van der Waals surface area contributed by atoms with Crippen molar-refractivity contribution in [2.45, 2.75) is 54.4 Å². The summed E-state index contributed by atoms with van der Waals surface area (Å²) in [6.07, 6.45) is 11.1. The highest BCUT2D eigenvalue weighted by atomic mass is 15.1. The molecular formula is C22H37N. The van der Waals surface area contributed by atoms with Crippen LogP contribution >= 0.6 is 0 Å². The Balaban J connectivity index is 3.07. The van der Waals surface area contributed by atoms with Gasteiger partial charge in [0, 0.05) is 24.4 Å². The molecule has 4 atom stereocenters. The highest BCUT2D eigenvalue weighted by Gasteiger charge is 2.44. The maximum absolute atomic E-state index is 4.20. The highest BCUT2D eigenvalue weighted by molar-refractivity contribution is 5.31. The molecular weight excluding hydrogens is 278 g/mol. The number of allylic oxidation sites excluding steroid dienone is 5. The molecule has 0 aliphatic heterocycles. The first-order valence-corrected chi connectivity index (χ1v) is 9.12. The fraction of sp³-hybridized carbons (Fsp3) is 0.636. The molecule has 23 heavy (non-hydrogen) atoms. The topological polar surface area (TPSA) is 3.24 Å². The lowest BCUT2D eigenvalue weighted by atomic mass is 9.59. The van der Waals surface area contributed by atoms with Gasteiger partial charge in [0.25, 0.3) is 0 Å². The van der Waals surface area contributed by atoms with Crippen LogP contribution in [-0.4, -0.2) is 11.9 Å². The van der Waals surface area contributed by atoms with Crippen LogP contribution in [0, 0.1) is 29.1 Å². The van der Waals surface area contributed by atoms with E-state index in [9.17, 15) is 0 Å². The predicted octanol–water partition coefficient (Wildman–Crippen LogP) is 6.42. The Kier molecular flexibility index (Phi) is 6.92. The van der Waals surface area contributed by atoms with Crippen LogP contribution in [0.25, 0.3) is 0 Å². The molecule has 0 aromatic carbocycles. The quantitative estimate of drug-likeness (QED) is 0.350. The Bertz CT molecular complexity index is 482. The fourth-order valence-electron chi connectivity index (χ4n) is 3.43. The van der Waals surface area contributed by atoms with E-state index in [1.165, 1.54) is 12.1 Å². The zero-order chi connectivity index (χ0) is 17.8. The van der Waals surface area contributed by atoms with Gasteiger partial charge in [-0.05, 0) is 49.0 Å². The third kappa shape index (κ3) is 4.19. The van der Waals surface area contributed by atoms with Gasteiger partial charge in [0.15, 0.2) is 0 Å². The molecule has 0 radical (unpaired) electrons. The van der Waals surface area contributed by atoms with Crippen LogP contribution < -0.4 is 0 Å². The monoisotopic (exact) mass is 315 g/mol. The van der Waals surface area contributed by atoms with E-state index in [1.54, 1.807) is 0 Å². The molecule has 0 N–H and O–H groups in total. The van der Waals surface area contributed by atoms with Gasteiger partial charge in [-0.2, -0.15) is 0 Å². The Morgan fingerprint density at radius 2 is 2.00 bits per heavy atom. The van der Waals surface area contributed by atoms with Crippen molar-refractivity contribution in [2.75, 3.05) is 7.05 Å². The van der Waals surface area contributed by atoms with Crippen molar-refractivity contribution in [1.82, 2.24) is 4.90 Å². The van der Waals surface area contributed by atoms with Crippen molar-refractivity contribution in [1.29, 1.82) is 0 Å². The van der Waals surface area contributed by atoms with E-state index >= 15 is 0 Å². The molecule has 0 bridgehead atoms. The molecule has 1 nitrogen and oxygen atoms in total. The summed E-state index contributed by atoms with van der Waals surface area (Å²) in [5.41, 5.74) is 2.69. The van der Waals surface area contributed by atoms with E-state index in [2.05, 4.69) is 84.0 Å². The number of hydrogen-bond acceptors (Lipinski definition) is 1. The van der Waals surface area contributed by atoms with Crippen molar-refractivity contribution < 1.29 is 0 Å². The standard InChI is InChI=1S/C22H37N/c1-10-13-18(7)23(9)21-15-20(22(8,11-2)12-3)19(21)14-17(6)16(4)5/h10-11,13,15-17,19-20H,2,7,12,14H2,1,3-6,8-9H3/b13-10-/t17-,19-,20-,22?/m1/s1. The summed E-state index contributed by atoms with van der Waals surface area (Å²) in [4.78, 5) is 2.27. The first-order chi connectivity index (χ1) is 10.7. The molecule has 0 amide bonds. The van der Waals surface area contributed by atoms with Crippen molar-refractivity contribution >= 4 is 0 Å². The maximum atomic E-state index is 4.20. The summed E-state index contributed by atoms with van der Waals surface area (Å²) in [5, 5.41) is 0. The van der Waals surface area contributed by atoms with E-state index in [1.807, 2.05) is 6.92 Å². The van der Waals surface area contributed by atoms with Gasteiger partial charge in [-0.25, -0.2) is 0 Å². The molecule has 0 aromatic rings. The second kappa shape index (κ2) is 8.04. The van der Waals surface area contributed by atoms with Gasteiger partial charge in [0.05, 0.1) is 0 Å². The lowest BCUT2D eigenvalue weighted by molar-refractivity contribution is 0.141. The summed E-state index contributed by atoms with van der Waals surface area (Å²) in [7, 11) is 2.15. The van der Waals surface area contributed by atoms with Crippen LogP contribution in [0.15, 0.2) is 48.9 Å². The summed E-state index contributed by atoms with van der Waals surface area (Å²) in [6.45, 7) is 22.0. The third-order valence-corrected chi connectivity index (χ3v) is 6.09. The normalized spacial score (nSPS) is 24.8. The van der Waals surface area contributed by atoms with Crippen molar-refractivity contribution in [3.63, 3.8) is 0 Å². The van der Waals surface area contributed by atoms with E-state index in [0.717, 1.165) is 24.0 Å². The van der Waals surface area contributed by atoms with E-state index in [-0.39, 0.29) is 5.41 Å². The Labute approximate surface area is 144 Å². The minimum Gasteiger partial charge on any atom is -0.349 e. The summed E-state index contributed by atoms with van der Waals surface area (Å²) < 4.78 is 0. The Morgan fingerprint density at radius 1 is 1.39 bits per heavy atom. The highest BCUT2D eigenvalue weighted by Crippen LogP contribution is 2.51. The number of hydrogen-bond donors (Lipinski definition) is 0. The molecule has 0 fully saturated rings. The fourth-order valence-corrected chi connectivity index (χ4v) is 3.43. The SMILES string of the molecule is C=CC(C)(CC)[C@@H]1C=C(N(C)C(=C)/C=C\C)[C@@H]1C[C@@H](C)C(C)C. The summed E-state index contributed by atoms with van der Waals surface area (Å²) >= 11 is 0. The van der Waals surface area contributed by atoms with Crippen molar-refractivity contribution in [2.24, 2.45) is 29.1 Å². The lowest BCUT2D eigenvalue weighted by Gasteiger charge is -2.49. The smallest absolute Gasteiger partial charge is 0.0329 e. The molecule has 1 aliphatic rings. The lowest BCUT2D eigenvalue weighted by Crippen LogP contribution is -2.43. The first kappa shape index (κ1) is 19.8. The Morgan fingerprint density at radius 3 is 2.43 bits per heavy atom. The maximum Gasteiger partial charge on any atom is 0.0329 e. The minimum atomic E-state index is 0.188. The van der Waals surface area contributed by atoms with Crippen LogP contribution in [0.5, 0.6) is 0 Å². The largest absolute Gasteiger partial charge is 0.349 e. The zero-order valence-electron chi connectivity index (χ0n) is 16.4. The minimum absolute atomic E-state index is 0.188. The van der Waals surface area contributed by atoms with Crippen LogP contribution in [-0.2, 0) is 0 Å². The van der Waals surface area contributed by atoms with Crippen molar-refractivity contribution in [3.05, 3.63) is 48.9 Å². The molecule has 1 aliphatic carbocycles. The molecule has 0 heterocycles. The summed E-state index contributed by atoms with van der Waals surface area (Å²) in [5.74, 6) is 2.63. The van der Waals surface area contributed by atoms with Crippen LogP contribution in [0.2, 0.25) is 0 Å². The van der Waals surface area contributed by atoms with Gasteiger partial charge >= 0.3 is 0 Å². The van der Waals surface area contributed by atoms with E-state index < -0.39 is 0 Å². The number of likely N-dealkylation sites (N-methyl/N-ethyl adjacent to an activating group) is 1. The average Bonchev–Trinajstić information content (AvgIpc) is 2.50.